The molecule has 0 spiro atoms. The molecule has 4 nitrogen and oxygen atoms in total. The van der Waals surface area contributed by atoms with E-state index >= 15 is 0 Å². The molecule has 0 heterocycles. The lowest BCUT2D eigenvalue weighted by molar-refractivity contribution is 0.252. The molecule has 0 unspecified atom stereocenters. The van der Waals surface area contributed by atoms with Crippen molar-refractivity contribution >= 4 is 23.5 Å². The van der Waals surface area contributed by atoms with Crippen LogP contribution in [0.2, 0.25) is 0 Å². The van der Waals surface area contributed by atoms with Gasteiger partial charge in [0.1, 0.15) is 0 Å². The lowest BCUT2D eigenvalue weighted by Crippen LogP contribution is -2.34. The molecule has 1 aromatic rings. The lowest BCUT2D eigenvalue weighted by atomic mass is 10.3. The lowest BCUT2D eigenvalue weighted by Gasteiger charge is -2.07. The highest BCUT2D eigenvalue weighted by Crippen LogP contribution is 2.23. The monoisotopic (exact) mass is 225 g/mol. The average Bonchev–Trinajstić information content (AvgIpc) is 2.20. The maximum atomic E-state index is 10.9. The maximum absolute atomic E-state index is 10.9. The number of rotatable bonds is 3. The summed E-state index contributed by atoms with van der Waals surface area (Å²) in [6.45, 7) is 4.28. The molecule has 1 aromatic carbocycles. The van der Waals surface area contributed by atoms with Crippen molar-refractivity contribution in [2.75, 3.05) is 5.32 Å². The highest BCUT2D eigenvalue weighted by atomic mass is 32.2. The minimum atomic E-state index is -0.417. The third kappa shape index (κ3) is 4.22. The number of amides is 2. The molecule has 0 fully saturated rings. The molecule has 0 aliphatic rings. The topological polar surface area (TPSA) is 67.2 Å². The molecule has 0 aromatic heterocycles. The minimum Gasteiger partial charge on any atom is -0.307 e. The normalized spacial score (nSPS) is 10.1. The minimum absolute atomic E-state index is 0.417. The molecule has 0 atom stereocenters. The van der Waals surface area contributed by atoms with Gasteiger partial charge in [-0.25, -0.2) is 10.6 Å². The van der Waals surface area contributed by atoms with E-state index < -0.39 is 6.03 Å². The summed E-state index contributed by atoms with van der Waals surface area (Å²) >= 11 is 1.78. The van der Waals surface area contributed by atoms with Crippen molar-refractivity contribution in [3.05, 3.63) is 24.3 Å². The Morgan fingerprint density at radius 3 is 2.40 bits per heavy atom. The quantitative estimate of drug-likeness (QED) is 0.320. The van der Waals surface area contributed by atoms with Crippen molar-refractivity contribution < 1.29 is 4.79 Å². The number of hydrogen-bond acceptors (Lipinski definition) is 3. The van der Waals surface area contributed by atoms with Crippen LogP contribution in [-0.2, 0) is 0 Å². The Morgan fingerprint density at radius 1 is 1.33 bits per heavy atom. The van der Waals surface area contributed by atoms with Crippen LogP contribution in [-0.4, -0.2) is 11.3 Å². The predicted molar refractivity (Wildman–Crippen MR) is 63.8 cm³/mol. The van der Waals surface area contributed by atoms with E-state index in [9.17, 15) is 4.79 Å². The van der Waals surface area contributed by atoms with Crippen LogP contribution in [0.5, 0.6) is 0 Å². The number of benzene rings is 1. The van der Waals surface area contributed by atoms with Gasteiger partial charge in [0.15, 0.2) is 0 Å². The van der Waals surface area contributed by atoms with Gasteiger partial charge in [0.05, 0.1) is 0 Å². The number of hydrazine groups is 1. The number of nitrogens with one attached hydrogen (secondary N) is 2. The molecule has 0 bridgehead atoms. The van der Waals surface area contributed by atoms with Gasteiger partial charge < -0.3 is 5.32 Å². The molecule has 0 saturated heterocycles. The van der Waals surface area contributed by atoms with E-state index in [0.29, 0.717) is 5.25 Å². The van der Waals surface area contributed by atoms with Gasteiger partial charge in [-0.05, 0) is 24.3 Å². The van der Waals surface area contributed by atoms with Crippen molar-refractivity contribution in [2.24, 2.45) is 5.84 Å². The second-order valence-corrected chi connectivity index (χ2v) is 4.94. The van der Waals surface area contributed by atoms with E-state index in [2.05, 4.69) is 19.2 Å². The maximum Gasteiger partial charge on any atom is 0.333 e. The van der Waals surface area contributed by atoms with Gasteiger partial charge in [0.2, 0.25) is 0 Å². The van der Waals surface area contributed by atoms with Gasteiger partial charge in [0.25, 0.3) is 0 Å². The summed E-state index contributed by atoms with van der Waals surface area (Å²) in [5, 5.41) is 3.14. The molecule has 0 aliphatic heterocycles. The van der Waals surface area contributed by atoms with Gasteiger partial charge in [-0.15, -0.1) is 11.8 Å². The van der Waals surface area contributed by atoms with Crippen molar-refractivity contribution in [3.63, 3.8) is 0 Å². The number of anilines is 1. The zero-order valence-electron chi connectivity index (χ0n) is 8.78. The molecule has 5 heteroatoms. The molecule has 0 radical (unpaired) electrons. The largest absolute Gasteiger partial charge is 0.333 e. The van der Waals surface area contributed by atoms with Crippen molar-refractivity contribution in [1.29, 1.82) is 0 Å². The summed E-state index contributed by atoms with van der Waals surface area (Å²) in [4.78, 5) is 12.1. The van der Waals surface area contributed by atoms with Crippen LogP contribution < -0.4 is 16.6 Å². The zero-order valence-corrected chi connectivity index (χ0v) is 9.60. The molecule has 2 amide bonds. The average molecular weight is 225 g/mol. The molecule has 82 valence electrons. The fourth-order valence-corrected chi connectivity index (χ4v) is 1.89. The first-order chi connectivity index (χ1) is 7.11. The van der Waals surface area contributed by atoms with Crippen molar-refractivity contribution in [2.45, 2.75) is 24.0 Å². The number of carbonyl (C=O) groups excluding carboxylic acids is 1. The SMILES string of the molecule is CC(C)Sc1ccc(NC(=O)NN)cc1. The number of carbonyl (C=O) groups is 1. The van der Waals surface area contributed by atoms with Gasteiger partial charge in [-0.3, -0.25) is 5.43 Å². The van der Waals surface area contributed by atoms with Crippen LogP contribution in [0.4, 0.5) is 10.5 Å². The van der Waals surface area contributed by atoms with E-state index in [4.69, 9.17) is 5.84 Å². The number of thioether (sulfide) groups is 1. The summed E-state index contributed by atoms with van der Waals surface area (Å²) < 4.78 is 0. The predicted octanol–water partition coefficient (Wildman–Crippen LogP) is 2.18. The van der Waals surface area contributed by atoms with Crippen LogP contribution in [0.15, 0.2) is 29.2 Å². The number of urea groups is 1. The third-order valence-corrected chi connectivity index (χ3v) is 2.63. The van der Waals surface area contributed by atoms with Crippen LogP contribution in [0.25, 0.3) is 0 Å². The summed E-state index contributed by atoms with van der Waals surface area (Å²) in [6.07, 6.45) is 0. The summed E-state index contributed by atoms with van der Waals surface area (Å²) in [5.74, 6) is 4.95. The van der Waals surface area contributed by atoms with E-state index in [-0.39, 0.29) is 0 Å². The molecule has 1 rings (SSSR count). The summed E-state index contributed by atoms with van der Waals surface area (Å²) in [7, 11) is 0. The van der Waals surface area contributed by atoms with Gasteiger partial charge in [-0.1, -0.05) is 13.8 Å². The Labute approximate surface area is 93.6 Å². The third-order valence-electron chi connectivity index (χ3n) is 1.62. The highest BCUT2D eigenvalue weighted by molar-refractivity contribution is 7.99. The Bertz CT molecular complexity index is 324. The zero-order chi connectivity index (χ0) is 11.3. The first-order valence-electron chi connectivity index (χ1n) is 4.66. The van der Waals surface area contributed by atoms with Crippen LogP contribution in [0, 0.1) is 0 Å². The number of nitrogens with two attached hydrogens (primary N) is 1. The van der Waals surface area contributed by atoms with Crippen molar-refractivity contribution in [3.8, 4) is 0 Å². The Kier molecular flexibility index (Phi) is 4.45. The van der Waals surface area contributed by atoms with Gasteiger partial charge in [-0.2, -0.15) is 0 Å². The molecule has 15 heavy (non-hydrogen) atoms. The van der Waals surface area contributed by atoms with Crippen LogP contribution >= 0.6 is 11.8 Å². The molecule has 0 aliphatic carbocycles. The summed E-state index contributed by atoms with van der Waals surface area (Å²) in [6, 6.07) is 7.22. The van der Waals surface area contributed by atoms with E-state index in [1.165, 1.54) is 4.90 Å². The molecule has 0 saturated carbocycles. The van der Waals surface area contributed by atoms with Gasteiger partial charge in [0, 0.05) is 15.8 Å². The number of hydrogen-bond donors (Lipinski definition) is 3. The first kappa shape index (κ1) is 11.9. The Hall–Kier alpha value is -1.20. The van der Waals surface area contributed by atoms with Crippen LogP contribution in [0.1, 0.15) is 13.8 Å². The Balaban J connectivity index is 2.60. The van der Waals surface area contributed by atoms with Crippen LogP contribution in [0.3, 0.4) is 0 Å². The smallest absolute Gasteiger partial charge is 0.307 e. The second-order valence-electron chi connectivity index (χ2n) is 3.29. The highest BCUT2D eigenvalue weighted by Gasteiger charge is 2.00. The fourth-order valence-electron chi connectivity index (χ4n) is 1.06. The van der Waals surface area contributed by atoms with Gasteiger partial charge >= 0.3 is 6.03 Å². The standard InChI is InChI=1S/C10H15N3OS/c1-7(2)15-9-5-3-8(4-6-9)12-10(14)13-11/h3-7H,11H2,1-2H3,(H2,12,13,14). The molecular formula is C10H15N3OS. The fraction of sp³-hybridized carbons (Fsp3) is 0.300. The summed E-state index contributed by atoms with van der Waals surface area (Å²) in [5.41, 5.74) is 2.73. The first-order valence-corrected chi connectivity index (χ1v) is 5.54. The second kappa shape index (κ2) is 5.63. The van der Waals surface area contributed by atoms with Crippen molar-refractivity contribution in [1.82, 2.24) is 5.43 Å². The molecular weight excluding hydrogens is 210 g/mol. The Morgan fingerprint density at radius 2 is 1.93 bits per heavy atom. The van der Waals surface area contributed by atoms with E-state index in [0.717, 1.165) is 5.69 Å². The molecule has 4 N–H and O–H groups in total. The van der Waals surface area contributed by atoms with E-state index in [1.807, 2.05) is 29.7 Å². The van der Waals surface area contributed by atoms with E-state index in [1.54, 1.807) is 11.8 Å².